The number of nitrogens with zero attached hydrogens (tertiary/aromatic N) is 1. The molecule has 0 aliphatic carbocycles. The quantitative estimate of drug-likeness (QED) is 0.668. The Hall–Kier alpha value is -1.72. The van der Waals surface area contributed by atoms with Gasteiger partial charge in [-0.25, -0.2) is 4.39 Å². The summed E-state index contributed by atoms with van der Waals surface area (Å²) in [6.45, 7) is -0.0794. The standard InChI is InChI=1S/C14H12BrFN2O/c15-12-5-6-13(16)11(7-12)8-17-18-14-4-2-1-3-10(14)9-19/h1-8,18-19H,9H2. The van der Waals surface area contributed by atoms with Gasteiger partial charge in [0, 0.05) is 15.6 Å². The Balaban J connectivity index is 2.13. The van der Waals surface area contributed by atoms with Gasteiger partial charge >= 0.3 is 0 Å². The zero-order valence-corrected chi connectivity index (χ0v) is 11.6. The molecule has 5 heteroatoms. The van der Waals surface area contributed by atoms with Crippen molar-refractivity contribution in [1.29, 1.82) is 0 Å². The van der Waals surface area contributed by atoms with Crippen LogP contribution in [0.4, 0.5) is 10.1 Å². The van der Waals surface area contributed by atoms with Crippen molar-refractivity contribution in [2.45, 2.75) is 6.61 Å². The average Bonchev–Trinajstić information content (AvgIpc) is 2.43. The van der Waals surface area contributed by atoms with Crippen LogP contribution in [0.25, 0.3) is 0 Å². The summed E-state index contributed by atoms with van der Waals surface area (Å²) >= 11 is 3.27. The van der Waals surface area contributed by atoms with Gasteiger partial charge in [-0.15, -0.1) is 0 Å². The highest BCUT2D eigenvalue weighted by Gasteiger charge is 2.00. The summed E-state index contributed by atoms with van der Waals surface area (Å²) in [5, 5.41) is 13.1. The smallest absolute Gasteiger partial charge is 0.132 e. The second kappa shape index (κ2) is 6.45. The van der Waals surface area contributed by atoms with E-state index in [0.717, 1.165) is 10.0 Å². The molecule has 0 aliphatic rings. The van der Waals surface area contributed by atoms with Gasteiger partial charge in [0.2, 0.25) is 0 Å². The van der Waals surface area contributed by atoms with Crippen molar-refractivity contribution >= 4 is 27.8 Å². The van der Waals surface area contributed by atoms with E-state index < -0.39 is 0 Å². The van der Waals surface area contributed by atoms with E-state index >= 15 is 0 Å². The first-order valence-electron chi connectivity index (χ1n) is 5.63. The molecule has 0 unspecified atom stereocenters. The van der Waals surface area contributed by atoms with E-state index in [9.17, 15) is 4.39 Å². The van der Waals surface area contributed by atoms with Gasteiger partial charge < -0.3 is 5.11 Å². The fraction of sp³-hybridized carbons (Fsp3) is 0.0714. The molecule has 2 aromatic carbocycles. The van der Waals surface area contributed by atoms with E-state index in [4.69, 9.17) is 5.11 Å². The summed E-state index contributed by atoms with van der Waals surface area (Å²) in [4.78, 5) is 0. The van der Waals surface area contributed by atoms with E-state index in [1.165, 1.54) is 12.3 Å². The fourth-order valence-corrected chi connectivity index (χ4v) is 1.93. The van der Waals surface area contributed by atoms with Gasteiger partial charge in [0.1, 0.15) is 5.82 Å². The normalized spacial score (nSPS) is 10.9. The van der Waals surface area contributed by atoms with Gasteiger partial charge in [0.15, 0.2) is 0 Å². The maximum absolute atomic E-state index is 13.5. The predicted octanol–water partition coefficient (Wildman–Crippen LogP) is 3.53. The molecule has 98 valence electrons. The van der Waals surface area contributed by atoms with Gasteiger partial charge in [0.25, 0.3) is 0 Å². The van der Waals surface area contributed by atoms with Crippen LogP contribution >= 0.6 is 15.9 Å². The first-order valence-corrected chi connectivity index (χ1v) is 6.43. The number of hydrazone groups is 1. The van der Waals surface area contributed by atoms with Gasteiger partial charge in [-0.1, -0.05) is 34.1 Å². The van der Waals surface area contributed by atoms with Crippen LogP contribution in [0.1, 0.15) is 11.1 Å². The molecule has 2 rings (SSSR count). The van der Waals surface area contributed by atoms with Crippen molar-refractivity contribution in [1.82, 2.24) is 0 Å². The monoisotopic (exact) mass is 322 g/mol. The maximum Gasteiger partial charge on any atom is 0.132 e. The molecule has 0 saturated carbocycles. The van der Waals surface area contributed by atoms with E-state index in [1.807, 2.05) is 12.1 Å². The van der Waals surface area contributed by atoms with Crippen LogP contribution in [0.2, 0.25) is 0 Å². The number of halogens is 2. The van der Waals surface area contributed by atoms with Crippen molar-refractivity contribution in [2.24, 2.45) is 5.10 Å². The number of hydrogen-bond acceptors (Lipinski definition) is 3. The third kappa shape index (κ3) is 3.62. The van der Waals surface area contributed by atoms with E-state index in [1.54, 1.807) is 24.3 Å². The van der Waals surface area contributed by atoms with Gasteiger partial charge in [-0.2, -0.15) is 5.10 Å². The van der Waals surface area contributed by atoms with Crippen molar-refractivity contribution in [3.63, 3.8) is 0 Å². The number of para-hydroxylation sites is 1. The Labute approximate surface area is 118 Å². The summed E-state index contributed by atoms with van der Waals surface area (Å²) in [6, 6.07) is 11.9. The number of aliphatic hydroxyl groups is 1. The van der Waals surface area contributed by atoms with E-state index in [2.05, 4.69) is 26.5 Å². The average molecular weight is 323 g/mol. The minimum absolute atomic E-state index is 0.0794. The number of anilines is 1. The molecule has 0 aliphatic heterocycles. The third-order valence-corrected chi connectivity index (χ3v) is 3.03. The first kappa shape index (κ1) is 13.7. The highest BCUT2D eigenvalue weighted by Crippen LogP contribution is 2.16. The van der Waals surface area contributed by atoms with Crippen LogP contribution in [0.15, 0.2) is 52.0 Å². The molecule has 2 aromatic rings. The zero-order chi connectivity index (χ0) is 13.7. The molecule has 0 aromatic heterocycles. The van der Waals surface area contributed by atoms with Crippen LogP contribution in [0.3, 0.4) is 0 Å². The van der Waals surface area contributed by atoms with Crippen molar-refractivity contribution < 1.29 is 9.50 Å². The SMILES string of the molecule is OCc1ccccc1NN=Cc1cc(Br)ccc1F. The fourth-order valence-electron chi connectivity index (χ4n) is 1.55. The second-order valence-corrected chi connectivity index (χ2v) is 4.77. The lowest BCUT2D eigenvalue weighted by molar-refractivity contribution is 0.282. The highest BCUT2D eigenvalue weighted by molar-refractivity contribution is 9.10. The highest BCUT2D eigenvalue weighted by atomic mass is 79.9. The van der Waals surface area contributed by atoms with Crippen LogP contribution in [-0.4, -0.2) is 11.3 Å². The number of hydrogen-bond donors (Lipinski definition) is 2. The Morgan fingerprint density at radius 3 is 2.84 bits per heavy atom. The molecule has 2 N–H and O–H groups in total. The third-order valence-electron chi connectivity index (χ3n) is 2.53. The van der Waals surface area contributed by atoms with Crippen LogP contribution in [-0.2, 0) is 6.61 Å². The molecular formula is C14H12BrFN2O. The summed E-state index contributed by atoms with van der Waals surface area (Å²) in [6.07, 6.45) is 1.40. The summed E-state index contributed by atoms with van der Waals surface area (Å²) < 4.78 is 14.2. The van der Waals surface area contributed by atoms with Gasteiger partial charge in [-0.05, 0) is 24.3 Å². The molecule has 0 amide bonds. The maximum atomic E-state index is 13.5. The first-order chi connectivity index (χ1) is 9.20. The topological polar surface area (TPSA) is 44.6 Å². The Morgan fingerprint density at radius 1 is 1.26 bits per heavy atom. The van der Waals surface area contributed by atoms with Gasteiger partial charge in [0.05, 0.1) is 18.5 Å². The lowest BCUT2D eigenvalue weighted by atomic mass is 10.2. The van der Waals surface area contributed by atoms with Crippen LogP contribution < -0.4 is 5.43 Å². The van der Waals surface area contributed by atoms with Crippen molar-refractivity contribution in [2.75, 3.05) is 5.43 Å². The second-order valence-electron chi connectivity index (χ2n) is 3.85. The molecular weight excluding hydrogens is 311 g/mol. The summed E-state index contributed by atoms with van der Waals surface area (Å²) in [5.41, 5.74) is 4.59. The van der Waals surface area contributed by atoms with Crippen LogP contribution in [0.5, 0.6) is 0 Å². The molecule has 0 bridgehead atoms. The Kier molecular flexibility index (Phi) is 4.65. The summed E-state index contributed by atoms with van der Waals surface area (Å²) in [7, 11) is 0. The predicted molar refractivity (Wildman–Crippen MR) is 77.7 cm³/mol. The molecule has 3 nitrogen and oxygen atoms in total. The zero-order valence-electron chi connectivity index (χ0n) is 9.98. The van der Waals surface area contributed by atoms with E-state index in [-0.39, 0.29) is 12.4 Å². The lowest BCUT2D eigenvalue weighted by Gasteiger charge is -2.05. The number of rotatable bonds is 4. The molecule has 0 heterocycles. The lowest BCUT2D eigenvalue weighted by Crippen LogP contribution is -1.96. The molecule has 0 spiro atoms. The van der Waals surface area contributed by atoms with E-state index in [0.29, 0.717) is 11.3 Å². The summed E-state index contributed by atoms with van der Waals surface area (Å²) in [5.74, 6) is -0.343. The molecule has 19 heavy (non-hydrogen) atoms. The Morgan fingerprint density at radius 2 is 2.05 bits per heavy atom. The molecule has 0 radical (unpaired) electrons. The Bertz CT molecular complexity index is 602. The van der Waals surface area contributed by atoms with Crippen LogP contribution in [0, 0.1) is 5.82 Å². The minimum atomic E-state index is -0.343. The molecule has 0 atom stereocenters. The molecule has 0 fully saturated rings. The minimum Gasteiger partial charge on any atom is -0.392 e. The number of aliphatic hydroxyl groups excluding tert-OH is 1. The van der Waals surface area contributed by atoms with Gasteiger partial charge in [-0.3, -0.25) is 5.43 Å². The number of benzene rings is 2. The molecule has 0 saturated heterocycles. The number of nitrogens with one attached hydrogen (secondary N) is 1. The largest absolute Gasteiger partial charge is 0.392 e. The van der Waals surface area contributed by atoms with Crippen molar-refractivity contribution in [3.8, 4) is 0 Å². The van der Waals surface area contributed by atoms with Crippen molar-refractivity contribution in [3.05, 3.63) is 63.9 Å².